The van der Waals surface area contributed by atoms with Crippen molar-refractivity contribution >= 4 is 35.3 Å². The van der Waals surface area contributed by atoms with Crippen molar-refractivity contribution in [1.82, 2.24) is 15.8 Å². The molecule has 0 bridgehead atoms. The maximum atomic E-state index is 12.8. The Bertz CT molecular complexity index is 977. The van der Waals surface area contributed by atoms with Crippen molar-refractivity contribution in [3.8, 4) is 0 Å². The van der Waals surface area contributed by atoms with Crippen molar-refractivity contribution in [1.29, 1.82) is 0 Å². The molecular formula is C19H18N4O5S. The summed E-state index contributed by atoms with van der Waals surface area (Å²) in [4.78, 5) is 48.4. The van der Waals surface area contributed by atoms with Crippen LogP contribution in [0.3, 0.4) is 0 Å². The largest absolute Gasteiger partial charge is 0.344 e. The molecule has 150 valence electrons. The molecule has 0 spiro atoms. The number of nitro groups is 1. The number of thioether (sulfide) groups is 1. The molecule has 0 aromatic heterocycles. The number of hydrazine groups is 1. The van der Waals surface area contributed by atoms with Gasteiger partial charge in [0.15, 0.2) is 0 Å². The number of benzene rings is 2. The quantitative estimate of drug-likeness (QED) is 0.324. The Labute approximate surface area is 170 Å². The molecule has 1 heterocycles. The SMILES string of the molecule is Cc1ccc(SCC(=O)NN2C(=O)N[C@](C)(c3ccc([N+](=O)[O-])cc3)C2=O)cc1. The van der Waals surface area contributed by atoms with Crippen molar-refractivity contribution in [3.63, 3.8) is 0 Å². The average molecular weight is 414 g/mol. The Hall–Kier alpha value is -3.40. The maximum Gasteiger partial charge on any atom is 0.344 e. The Morgan fingerprint density at radius 3 is 2.38 bits per heavy atom. The van der Waals surface area contributed by atoms with Gasteiger partial charge in [-0.1, -0.05) is 17.7 Å². The van der Waals surface area contributed by atoms with Gasteiger partial charge in [-0.15, -0.1) is 11.8 Å². The number of carbonyl (C=O) groups excluding carboxylic acids is 3. The van der Waals surface area contributed by atoms with E-state index in [1.807, 2.05) is 31.2 Å². The van der Waals surface area contributed by atoms with Crippen LogP contribution in [0, 0.1) is 17.0 Å². The molecule has 10 heteroatoms. The monoisotopic (exact) mass is 414 g/mol. The molecule has 1 fully saturated rings. The Morgan fingerprint density at radius 1 is 1.17 bits per heavy atom. The average Bonchev–Trinajstić information content (AvgIpc) is 2.91. The van der Waals surface area contributed by atoms with Crippen molar-refractivity contribution in [2.75, 3.05) is 5.75 Å². The second kappa shape index (κ2) is 7.92. The van der Waals surface area contributed by atoms with E-state index in [2.05, 4.69) is 10.7 Å². The lowest BCUT2D eigenvalue weighted by Gasteiger charge is -2.22. The first kappa shape index (κ1) is 20.3. The van der Waals surface area contributed by atoms with Crippen molar-refractivity contribution in [3.05, 3.63) is 69.8 Å². The molecule has 9 nitrogen and oxygen atoms in total. The highest BCUT2D eigenvalue weighted by atomic mass is 32.2. The number of aryl methyl sites for hydroxylation is 1. The van der Waals surface area contributed by atoms with Gasteiger partial charge in [0.1, 0.15) is 5.54 Å². The minimum absolute atomic E-state index is 0.0222. The van der Waals surface area contributed by atoms with Gasteiger partial charge in [-0.2, -0.15) is 5.01 Å². The smallest absolute Gasteiger partial charge is 0.318 e. The van der Waals surface area contributed by atoms with Gasteiger partial charge in [-0.05, 0) is 43.7 Å². The normalized spacial score (nSPS) is 18.5. The molecule has 2 aromatic rings. The van der Waals surface area contributed by atoms with Crippen molar-refractivity contribution in [2.45, 2.75) is 24.3 Å². The Morgan fingerprint density at radius 2 is 1.79 bits per heavy atom. The lowest BCUT2D eigenvalue weighted by Crippen LogP contribution is -2.48. The summed E-state index contributed by atoms with van der Waals surface area (Å²) in [5.74, 6) is -1.16. The lowest BCUT2D eigenvalue weighted by molar-refractivity contribution is -0.384. The molecule has 4 amide bonds. The van der Waals surface area contributed by atoms with E-state index in [1.165, 1.54) is 43.0 Å². The summed E-state index contributed by atoms with van der Waals surface area (Å²) in [5.41, 5.74) is 2.21. The van der Waals surface area contributed by atoms with Gasteiger partial charge < -0.3 is 5.32 Å². The predicted molar refractivity (Wildman–Crippen MR) is 106 cm³/mol. The van der Waals surface area contributed by atoms with Crippen LogP contribution in [0.4, 0.5) is 10.5 Å². The Kier molecular flexibility index (Phi) is 5.55. The van der Waals surface area contributed by atoms with Crippen LogP contribution < -0.4 is 10.7 Å². The number of carbonyl (C=O) groups is 3. The molecular weight excluding hydrogens is 396 g/mol. The zero-order chi connectivity index (χ0) is 21.2. The van der Waals surface area contributed by atoms with E-state index in [1.54, 1.807) is 0 Å². The van der Waals surface area contributed by atoms with Gasteiger partial charge in [-0.25, -0.2) is 4.79 Å². The molecule has 1 aliphatic heterocycles. The second-order valence-corrected chi connectivity index (χ2v) is 7.69. The number of imide groups is 1. The van der Waals surface area contributed by atoms with Gasteiger partial charge >= 0.3 is 6.03 Å². The van der Waals surface area contributed by atoms with Crippen LogP contribution in [-0.2, 0) is 15.1 Å². The Balaban J connectivity index is 1.67. The highest BCUT2D eigenvalue weighted by Gasteiger charge is 2.50. The highest BCUT2D eigenvalue weighted by Crippen LogP contribution is 2.29. The van der Waals surface area contributed by atoms with Gasteiger partial charge in [0.25, 0.3) is 11.6 Å². The fourth-order valence-corrected chi connectivity index (χ4v) is 3.48. The van der Waals surface area contributed by atoms with Crippen LogP contribution in [0.15, 0.2) is 53.4 Å². The molecule has 3 rings (SSSR count). The number of urea groups is 1. The number of hydrogen-bond donors (Lipinski definition) is 2. The number of nitrogens with zero attached hydrogens (tertiary/aromatic N) is 2. The summed E-state index contributed by atoms with van der Waals surface area (Å²) < 4.78 is 0. The van der Waals surface area contributed by atoms with Crippen LogP contribution in [0.25, 0.3) is 0 Å². The summed E-state index contributed by atoms with van der Waals surface area (Å²) in [5, 5.41) is 14.0. The second-order valence-electron chi connectivity index (χ2n) is 6.64. The number of hydrogen-bond acceptors (Lipinski definition) is 6. The third-order valence-electron chi connectivity index (χ3n) is 4.47. The molecule has 2 N–H and O–H groups in total. The first-order chi connectivity index (χ1) is 13.7. The number of amides is 4. The molecule has 0 saturated carbocycles. The fraction of sp³-hybridized carbons (Fsp3) is 0.211. The molecule has 1 aliphatic rings. The van der Waals surface area contributed by atoms with Gasteiger partial charge in [0.05, 0.1) is 10.7 Å². The van der Waals surface area contributed by atoms with Crippen molar-refractivity contribution in [2.24, 2.45) is 0 Å². The van der Waals surface area contributed by atoms with E-state index >= 15 is 0 Å². The number of nitro benzene ring substituents is 1. The van der Waals surface area contributed by atoms with E-state index in [-0.39, 0.29) is 11.4 Å². The van der Waals surface area contributed by atoms with Crippen LogP contribution in [0.5, 0.6) is 0 Å². The molecule has 0 aliphatic carbocycles. The number of nitrogens with one attached hydrogen (secondary N) is 2. The van der Waals surface area contributed by atoms with E-state index in [0.717, 1.165) is 10.5 Å². The zero-order valence-electron chi connectivity index (χ0n) is 15.7. The lowest BCUT2D eigenvalue weighted by atomic mass is 9.92. The zero-order valence-corrected chi connectivity index (χ0v) is 16.5. The fourth-order valence-electron chi connectivity index (χ4n) is 2.79. The van der Waals surface area contributed by atoms with Gasteiger partial charge in [0.2, 0.25) is 5.91 Å². The maximum absolute atomic E-state index is 12.8. The molecule has 0 unspecified atom stereocenters. The van der Waals surface area contributed by atoms with E-state index < -0.39 is 28.3 Å². The summed E-state index contributed by atoms with van der Waals surface area (Å²) in [6.07, 6.45) is 0. The third kappa shape index (κ3) is 4.21. The van der Waals surface area contributed by atoms with Crippen LogP contribution in [0.2, 0.25) is 0 Å². The predicted octanol–water partition coefficient (Wildman–Crippen LogP) is 2.49. The topological polar surface area (TPSA) is 122 Å². The summed E-state index contributed by atoms with van der Waals surface area (Å²) in [6, 6.07) is 12.1. The van der Waals surface area contributed by atoms with Crippen LogP contribution in [-0.4, -0.2) is 33.5 Å². The van der Waals surface area contributed by atoms with Crippen LogP contribution in [0.1, 0.15) is 18.1 Å². The summed E-state index contributed by atoms with van der Waals surface area (Å²) in [6.45, 7) is 3.43. The van der Waals surface area contributed by atoms with Crippen molar-refractivity contribution < 1.29 is 19.3 Å². The molecule has 1 atom stereocenters. The van der Waals surface area contributed by atoms with Gasteiger partial charge in [-0.3, -0.25) is 25.1 Å². The van der Waals surface area contributed by atoms with E-state index in [4.69, 9.17) is 0 Å². The van der Waals surface area contributed by atoms with E-state index in [0.29, 0.717) is 10.6 Å². The number of non-ortho nitro benzene ring substituents is 1. The summed E-state index contributed by atoms with van der Waals surface area (Å²) in [7, 11) is 0. The third-order valence-corrected chi connectivity index (χ3v) is 5.49. The van der Waals surface area contributed by atoms with Crippen LogP contribution >= 0.6 is 11.8 Å². The summed E-state index contributed by atoms with van der Waals surface area (Å²) >= 11 is 1.28. The molecule has 2 aromatic carbocycles. The highest BCUT2D eigenvalue weighted by molar-refractivity contribution is 8.00. The number of rotatable bonds is 6. The first-order valence-electron chi connectivity index (χ1n) is 8.61. The molecule has 1 saturated heterocycles. The molecule has 29 heavy (non-hydrogen) atoms. The van der Waals surface area contributed by atoms with E-state index in [9.17, 15) is 24.5 Å². The standard InChI is InChI=1S/C19H18N4O5S/c1-12-3-9-15(10-4-12)29-11-16(24)21-22-17(25)19(2,20-18(22)26)13-5-7-14(8-6-13)23(27)28/h3-10H,11H2,1-2H3,(H,20,26)(H,21,24)/t19-/m1/s1. The minimum atomic E-state index is -1.44. The molecule has 0 radical (unpaired) electrons. The van der Waals surface area contributed by atoms with Gasteiger partial charge in [0, 0.05) is 17.0 Å². The first-order valence-corrected chi connectivity index (χ1v) is 9.60. The minimum Gasteiger partial charge on any atom is -0.318 e.